The fourth-order valence-corrected chi connectivity index (χ4v) is 2.19. The van der Waals surface area contributed by atoms with E-state index in [9.17, 15) is 0 Å². The first-order valence-electron chi connectivity index (χ1n) is 8.12. The first-order valence-corrected chi connectivity index (χ1v) is 8.12. The van der Waals surface area contributed by atoms with Crippen molar-refractivity contribution in [3.63, 3.8) is 0 Å². The molecule has 1 radical (unpaired) electrons. The molecule has 0 saturated carbocycles. The van der Waals surface area contributed by atoms with E-state index in [4.69, 9.17) is 0 Å². The molecule has 0 aliphatic rings. The Hall–Kier alpha value is 0.557. The number of unbranched alkanes of at least 4 members (excludes halogenated alkanes) is 10. The van der Waals surface area contributed by atoms with Crippen LogP contribution in [-0.4, -0.2) is 32.0 Å². The molecule has 0 spiro atoms. The van der Waals surface area contributed by atoms with Crippen LogP contribution in [0.2, 0.25) is 0 Å². The second-order valence-corrected chi connectivity index (χ2v) is 5.29. The van der Waals surface area contributed by atoms with E-state index in [1.165, 1.54) is 90.1 Å². The Morgan fingerprint density at radius 2 is 0.833 bits per heavy atom. The topological polar surface area (TPSA) is 12.0 Å². The molecule has 0 unspecified atom stereocenters. The van der Waals surface area contributed by atoms with Gasteiger partial charge in [-0.15, -0.1) is 0 Å². The average molecular weight is 248 g/mol. The van der Waals surface area contributed by atoms with Gasteiger partial charge in [-0.3, -0.25) is 0 Å². The van der Waals surface area contributed by atoms with Crippen molar-refractivity contribution in [1.82, 2.24) is 5.32 Å². The maximum atomic E-state index is 3.57. The molecule has 1 N–H and O–H groups in total. The Bertz CT molecular complexity index is 114. The summed E-state index contributed by atoms with van der Waals surface area (Å²) >= 11 is 0. The summed E-state index contributed by atoms with van der Waals surface area (Å²) < 4.78 is 0. The molecule has 2 heteroatoms. The van der Waals surface area contributed by atoms with Gasteiger partial charge in [0.25, 0.3) is 0 Å². The van der Waals surface area contributed by atoms with Crippen molar-refractivity contribution in [1.29, 1.82) is 0 Å². The number of rotatable bonds is 14. The van der Waals surface area contributed by atoms with Gasteiger partial charge >= 0.3 is 0 Å². The predicted molar refractivity (Wildman–Crippen MR) is 85.4 cm³/mol. The van der Waals surface area contributed by atoms with Crippen LogP contribution in [0.3, 0.4) is 0 Å². The summed E-state index contributed by atoms with van der Waals surface area (Å²) in [6, 6.07) is 0. The summed E-state index contributed by atoms with van der Waals surface area (Å²) in [6.07, 6.45) is 16.9. The summed E-state index contributed by atoms with van der Waals surface area (Å²) in [4.78, 5) is 0. The second-order valence-electron chi connectivity index (χ2n) is 5.29. The van der Waals surface area contributed by atoms with E-state index < -0.39 is 0 Å². The summed E-state index contributed by atoms with van der Waals surface area (Å²) in [5.74, 6) is 0. The van der Waals surface area contributed by atoms with Crippen LogP contribution in [0.5, 0.6) is 0 Å². The molecule has 0 aliphatic heterocycles. The zero-order valence-corrected chi connectivity index (χ0v) is 13.4. The minimum atomic E-state index is 0. The molecule has 0 bridgehead atoms. The van der Waals surface area contributed by atoms with Crippen molar-refractivity contribution in [3.8, 4) is 0 Å². The van der Waals surface area contributed by atoms with Crippen molar-refractivity contribution in [2.45, 2.75) is 90.9 Å². The molecule has 0 aliphatic carbocycles. The van der Waals surface area contributed by atoms with Gasteiger partial charge in [0, 0.05) is 18.9 Å². The first kappa shape index (κ1) is 20.9. The molecule has 105 valence electrons. The quantitative estimate of drug-likeness (QED) is 0.340. The van der Waals surface area contributed by atoms with Crippen molar-refractivity contribution in [2.75, 3.05) is 13.1 Å². The Kier molecular flexibility index (Phi) is 23.1. The van der Waals surface area contributed by atoms with Crippen LogP contribution in [0.15, 0.2) is 0 Å². The fourth-order valence-electron chi connectivity index (χ4n) is 2.19. The maximum Gasteiger partial charge on any atom is 0 e. The molecule has 0 atom stereocenters. The molecule has 18 heavy (non-hydrogen) atoms. The minimum Gasteiger partial charge on any atom is -0.317 e. The van der Waals surface area contributed by atoms with E-state index in [0.29, 0.717) is 0 Å². The predicted octanol–water partition coefficient (Wildman–Crippen LogP) is 4.92. The number of hydrogen-bond donors (Lipinski definition) is 1. The smallest absolute Gasteiger partial charge is 0 e. The third-order valence-corrected chi connectivity index (χ3v) is 3.41. The zero-order valence-electron chi connectivity index (χ0n) is 13.4. The van der Waals surface area contributed by atoms with Crippen LogP contribution in [0.4, 0.5) is 0 Å². The van der Waals surface area contributed by atoms with Crippen LogP contribution >= 0.6 is 0 Å². The molecule has 0 aromatic carbocycles. The molecule has 0 fully saturated rings. The molecular weight excluding hydrogens is 213 g/mol. The van der Waals surface area contributed by atoms with E-state index in [1.807, 2.05) is 0 Å². The van der Waals surface area contributed by atoms with Gasteiger partial charge in [-0.2, -0.15) is 0 Å². The molecular formula is C16H35LiN. The van der Waals surface area contributed by atoms with E-state index in [2.05, 4.69) is 19.2 Å². The van der Waals surface area contributed by atoms with Crippen molar-refractivity contribution in [3.05, 3.63) is 0 Å². The molecule has 0 heterocycles. The van der Waals surface area contributed by atoms with E-state index in [-0.39, 0.29) is 18.9 Å². The van der Waals surface area contributed by atoms with Crippen LogP contribution in [0, 0.1) is 0 Å². The van der Waals surface area contributed by atoms with Gasteiger partial charge in [0.05, 0.1) is 0 Å². The van der Waals surface area contributed by atoms with Gasteiger partial charge in [-0.1, -0.05) is 78.1 Å². The number of nitrogens with one attached hydrogen (secondary N) is 1. The van der Waals surface area contributed by atoms with Crippen molar-refractivity contribution >= 4 is 18.9 Å². The average Bonchev–Trinajstić information content (AvgIpc) is 2.35. The first-order chi connectivity index (χ1) is 8.41. The summed E-state index contributed by atoms with van der Waals surface area (Å²) in [6.45, 7) is 7.03. The van der Waals surface area contributed by atoms with Gasteiger partial charge in [-0.05, 0) is 25.9 Å². The van der Waals surface area contributed by atoms with Gasteiger partial charge < -0.3 is 5.32 Å². The van der Waals surface area contributed by atoms with Crippen LogP contribution in [0.1, 0.15) is 90.9 Å². The Balaban J connectivity index is 0. The third-order valence-electron chi connectivity index (χ3n) is 3.41. The molecule has 1 nitrogen and oxygen atoms in total. The maximum absolute atomic E-state index is 3.57. The third kappa shape index (κ3) is 18.9. The minimum absolute atomic E-state index is 0. The van der Waals surface area contributed by atoms with Gasteiger partial charge in [0.1, 0.15) is 0 Å². The Morgan fingerprint density at radius 1 is 0.500 bits per heavy atom. The normalized spacial score (nSPS) is 10.3. The van der Waals surface area contributed by atoms with Crippen LogP contribution in [0.25, 0.3) is 0 Å². The van der Waals surface area contributed by atoms with Gasteiger partial charge in [0.15, 0.2) is 0 Å². The molecule has 0 aromatic rings. The van der Waals surface area contributed by atoms with Gasteiger partial charge in [-0.25, -0.2) is 0 Å². The SMILES string of the molecule is CCCCCCCCNCCCCCCCC.[Li]. The molecule has 0 saturated heterocycles. The Morgan fingerprint density at radius 3 is 1.22 bits per heavy atom. The van der Waals surface area contributed by atoms with Crippen LogP contribution in [-0.2, 0) is 0 Å². The largest absolute Gasteiger partial charge is 0.317 e. The standard InChI is InChI=1S/C16H35N.Li/c1-3-5-7-9-11-13-15-17-16-14-12-10-8-6-4-2;/h17H,3-16H2,1-2H3;. The number of hydrogen-bond acceptors (Lipinski definition) is 1. The monoisotopic (exact) mass is 248 g/mol. The fraction of sp³-hybridized carbons (Fsp3) is 1.00. The molecule has 0 aromatic heterocycles. The van der Waals surface area contributed by atoms with Crippen LogP contribution < -0.4 is 5.32 Å². The van der Waals surface area contributed by atoms with Crippen molar-refractivity contribution < 1.29 is 0 Å². The van der Waals surface area contributed by atoms with Crippen molar-refractivity contribution in [2.24, 2.45) is 0 Å². The van der Waals surface area contributed by atoms with E-state index >= 15 is 0 Å². The summed E-state index contributed by atoms with van der Waals surface area (Å²) in [5.41, 5.74) is 0. The second kappa shape index (κ2) is 19.9. The molecule has 0 rings (SSSR count). The van der Waals surface area contributed by atoms with E-state index in [1.54, 1.807) is 0 Å². The summed E-state index contributed by atoms with van der Waals surface area (Å²) in [7, 11) is 0. The van der Waals surface area contributed by atoms with Gasteiger partial charge in [0.2, 0.25) is 0 Å². The zero-order chi connectivity index (χ0) is 12.6. The Labute approximate surface area is 128 Å². The molecule has 0 amide bonds. The van der Waals surface area contributed by atoms with E-state index in [0.717, 1.165) is 0 Å². The summed E-state index contributed by atoms with van der Waals surface area (Å²) in [5, 5.41) is 3.57.